The molecule has 0 bridgehead atoms. The van der Waals surface area contributed by atoms with Gasteiger partial charge >= 0.3 is 0 Å². The Labute approximate surface area is 111 Å². The van der Waals surface area contributed by atoms with Crippen LogP contribution in [0.2, 0.25) is 0 Å². The van der Waals surface area contributed by atoms with Gasteiger partial charge in [0.15, 0.2) is 0 Å². The zero-order valence-electron chi connectivity index (χ0n) is 11.5. The Hall–Kier alpha value is -1.98. The van der Waals surface area contributed by atoms with Crippen LogP contribution in [0.4, 0.5) is 0 Å². The number of rotatable bonds is 7. The van der Waals surface area contributed by atoms with Crippen LogP contribution >= 0.6 is 0 Å². The van der Waals surface area contributed by atoms with E-state index in [9.17, 15) is 0 Å². The Morgan fingerprint density at radius 3 is 2.61 bits per heavy atom. The summed E-state index contributed by atoms with van der Waals surface area (Å²) in [6.07, 6.45) is 17.8. The standard InChI is InChI=1S/C16H22N2/c1-6-8-16(11-12-18-17-5)13-15(4)10-7-9-14(2)3/h1,7,9-13,17-18H,2,8H2,3-5H3/b9-7-,12-11-,15-10+,16-13-. The molecule has 0 rings (SSSR count). The summed E-state index contributed by atoms with van der Waals surface area (Å²) < 4.78 is 0. The summed E-state index contributed by atoms with van der Waals surface area (Å²) in [4.78, 5) is 0. The molecule has 0 spiro atoms. The van der Waals surface area contributed by atoms with Gasteiger partial charge in [-0.05, 0) is 25.5 Å². The van der Waals surface area contributed by atoms with Gasteiger partial charge in [0.25, 0.3) is 0 Å². The number of terminal acetylenes is 1. The van der Waals surface area contributed by atoms with Gasteiger partial charge in [-0.25, -0.2) is 5.43 Å². The first-order chi connectivity index (χ1) is 8.60. The first-order valence-electron chi connectivity index (χ1n) is 5.83. The third-order valence-electron chi connectivity index (χ3n) is 1.98. The second-order valence-corrected chi connectivity index (χ2v) is 3.94. The minimum absolute atomic E-state index is 0.608. The van der Waals surface area contributed by atoms with Gasteiger partial charge < -0.3 is 5.43 Å². The summed E-state index contributed by atoms with van der Waals surface area (Å²) in [6, 6.07) is 0. The fraction of sp³-hybridized carbons (Fsp3) is 0.250. The topological polar surface area (TPSA) is 24.1 Å². The number of allylic oxidation sites excluding steroid dienone is 8. The van der Waals surface area contributed by atoms with Crippen molar-refractivity contribution in [2.75, 3.05) is 7.05 Å². The Morgan fingerprint density at radius 1 is 1.33 bits per heavy atom. The predicted octanol–water partition coefficient (Wildman–Crippen LogP) is 3.25. The normalized spacial score (nSPS) is 13.0. The Kier molecular flexibility index (Phi) is 9.07. The summed E-state index contributed by atoms with van der Waals surface area (Å²) in [7, 11) is 1.81. The summed E-state index contributed by atoms with van der Waals surface area (Å²) in [6.45, 7) is 7.81. The molecular formula is C16H22N2. The molecular weight excluding hydrogens is 220 g/mol. The summed E-state index contributed by atoms with van der Waals surface area (Å²) in [5.74, 6) is 2.65. The molecule has 96 valence electrons. The van der Waals surface area contributed by atoms with Crippen LogP contribution in [0.5, 0.6) is 0 Å². The van der Waals surface area contributed by atoms with Crippen molar-refractivity contribution >= 4 is 0 Å². The molecule has 0 unspecified atom stereocenters. The van der Waals surface area contributed by atoms with Gasteiger partial charge in [-0.15, -0.1) is 12.3 Å². The van der Waals surface area contributed by atoms with E-state index in [0.717, 1.165) is 16.7 Å². The van der Waals surface area contributed by atoms with Gasteiger partial charge in [0, 0.05) is 19.7 Å². The maximum atomic E-state index is 5.34. The average Bonchev–Trinajstić information content (AvgIpc) is 2.29. The van der Waals surface area contributed by atoms with Crippen molar-refractivity contribution in [2.24, 2.45) is 0 Å². The van der Waals surface area contributed by atoms with E-state index < -0.39 is 0 Å². The van der Waals surface area contributed by atoms with Crippen LogP contribution in [0.15, 0.2) is 59.9 Å². The lowest BCUT2D eigenvalue weighted by molar-refractivity contribution is 0.730. The monoisotopic (exact) mass is 242 g/mol. The number of hydrogen-bond donors (Lipinski definition) is 2. The summed E-state index contributed by atoms with van der Waals surface area (Å²) >= 11 is 0. The second kappa shape index (κ2) is 10.2. The lowest BCUT2D eigenvalue weighted by atomic mass is 10.1. The molecule has 0 amide bonds. The maximum Gasteiger partial charge on any atom is 0.0338 e. The van der Waals surface area contributed by atoms with E-state index in [0.29, 0.717) is 6.42 Å². The fourth-order valence-electron chi connectivity index (χ4n) is 1.21. The summed E-state index contributed by atoms with van der Waals surface area (Å²) in [5, 5.41) is 0. The molecule has 0 atom stereocenters. The molecule has 0 saturated carbocycles. The highest BCUT2D eigenvalue weighted by molar-refractivity contribution is 5.33. The molecule has 0 radical (unpaired) electrons. The smallest absolute Gasteiger partial charge is 0.0338 e. The van der Waals surface area contributed by atoms with Crippen LogP contribution in [-0.2, 0) is 0 Å². The van der Waals surface area contributed by atoms with Crippen molar-refractivity contribution in [1.82, 2.24) is 10.9 Å². The number of hydrogen-bond acceptors (Lipinski definition) is 2. The summed E-state index contributed by atoms with van der Waals surface area (Å²) in [5.41, 5.74) is 8.96. The van der Waals surface area contributed by atoms with Crippen LogP contribution in [0.25, 0.3) is 0 Å². The highest BCUT2D eigenvalue weighted by Gasteiger charge is 1.90. The Bertz CT molecular complexity index is 415. The molecule has 0 saturated heterocycles. The zero-order chi connectivity index (χ0) is 13.8. The third kappa shape index (κ3) is 9.26. The van der Waals surface area contributed by atoms with Gasteiger partial charge in [0.1, 0.15) is 0 Å². The first kappa shape index (κ1) is 16.0. The SMILES string of the molecule is C#CCC(/C=C\NNC)=C/C(C)=C/C=C\C(=C)C. The minimum atomic E-state index is 0.608. The van der Waals surface area contributed by atoms with Crippen LogP contribution in [0.1, 0.15) is 20.3 Å². The van der Waals surface area contributed by atoms with Gasteiger partial charge in [-0.1, -0.05) is 42.0 Å². The van der Waals surface area contributed by atoms with Crippen molar-refractivity contribution in [1.29, 1.82) is 0 Å². The maximum absolute atomic E-state index is 5.34. The second-order valence-electron chi connectivity index (χ2n) is 3.94. The van der Waals surface area contributed by atoms with E-state index in [-0.39, 0.29) is 0 Å². The number of nitrogens with one attached hydrogen (secondary N) is 2. The van der Waals surface area contributed by atoms with Crippen molar-refractivity contribution in [3.63, 3.8) is 0 Å². The van der Waals surface area contributed by atoms with Gasteiger partial charge in [0.2, 0.25) is 0 Å². The van der Waals surface area contributed by atoms with Crippen molar-refractivity contribution in [3.8, 4) is 12.3 Å². The van der Waals surface area contributed by atoms with Gasteiger partial charge in [-0.2, -0.15) is 0 Å². The predicted molar refractivity (Wildman–Crippen MR) is 80.6 cm³/mol. The lowest BCUT2D eigenvalue weighted by Crippen LogP contribution is -2.20. The zero-order valence-corrected chi connectivity index (χ0v) is 11.5. The highest BCUT2D eigenvalue weighted by Crippen LogP contribution is 2.08. The molecule has 0 heterocycles. The molecule has 0 aromatic heterocycles. The van der Waals surface area contributed by atoms with Crippen LogP contribution in [-0.4, -0.2) is 7.05 Å². The van der Waals surface area contributed by atoms with Gasteiger partial charge in [-0.3, -0.25) is 0 Å². The quantitative estimate of drug-likeness (QED) is 0.407. The fourth-order valence-corrected chi connectivity index (χ4v) is 1.21. The van der Waals surface area contributed by atoms with E-state index in [4.69, 9.17) is 6.42 Å². The molecule has 0 aliphatic heterocycles. The molecule has 0 aromatic rings. The first-order valence-corrected chi connectivity index (χ1v) is 5.83. The van der Waals surface area contributed by atoms with E-state index in [1.807, 2.05) is 51.4 Å². The molecule has 0 aromatic carbocycles. The average molecular weight is 242 g/mol. The molecule has 0 fully saturated rings. The van der Waals surface area contributed by atoms with E-state index in [1.54, 1.807) is 0 Å². The molecule has 2 heteroatoms. The molecule has 0 aliphatic carbocycles. The van der Waals surface area contributed by atoms with Crippen LogP contribution in [0.3, 0.4) is 0 Å². The molecule has 18 heavy (non-hydrogen) atoms. The van der Waals surface area contributed by atoms with Crippen molar-refractivity contribution in [3.05, 3.63) is 59.9 Å². The molecule has 0 aliphatic rings. The minimum Gasteiger partial charge on any atom is -0.329 e. The Balaban J connectivity index is 4.73. The van der Waals surface area contributed by atoms with Gasteiger partial charge in [0.05, 0.1) is 0 Å². The van der Waals surface area contributed by atoms with E-state index >= 15 is 0 Å². The third-order valence-corrected chi connectivity index (χ3v) is 1.98. The van der Waals surface area contributed by atoms with Crippen molar-refractivity contribution < 1.29 is 0 Å². The lowest BCUT2D eigenvalue weighted by Gasteiger charge is -1.99. The highest BCUT2D eigenvalue weighted by atomic mass is 15.3. The van der Waals surface area contributed by atoms with Crippen molar-refractivity contribution in [2.45, 2.75) is 20.3 Å². The van der Waals surface area contributed by atoms with Crippen LogP contribution in [0, 0.1) is 12.3 Å². The largest absolute Gasteiger partial charge is 0.329 e. The Morgan fingerprint density at radius 2 is 2.06 bits per heavy atom. The van der Waals surface area contributed by atoms with E-state index in [2.05, 4.69) is 29.4 Å². The van der Waals surface area contributed by atoms with E-state index in [1.165, 1.54) is 0 Å². The molecule has 2 N–H and O–H groups in total. The van der Waals surface area contributed by atoms with Crippen LogP contribution < -0.4 is 10.9 Å². The molecule has 2 nitrogen and oxygen atoms in total. The number of hydrazine groups is 1.